The minimum Gasteiger partial charge on any atom is -0.452 e. The molecule has 0 rings (SSSR count). The van der Waals surface area contributed by atoms with E-state index in [0.717, 1.165) is 0 Å². The predicted octanol–water partition coefficient (Wildman–Crippen LogP) is 0.420. The molecule has 0 aromatic heterocycles. The third kappa shape index (κ3) is 12.1. The minimum absolute atomic E-state index is 0.347. The van der Waals surface area contributed by atoms with Gasteiger partial charge >= 0.3 is 6.09 Å². The van der Waals surface area contributed by atoms with Gasteiger partial charge in [0.25, 0.3) is 0 Å². The van der Waals surface area contributed by atoms with Gasteiger partial charge in [0.1, 0.15) is 0 Å². The van der Waals surface area contributed by atoms with Crippen molar-refractivity contribution in [3.8, 4) is 0 Å². The summed E-state index contributed by atoms with van der Waals surface area (Å²) >= 11 is 0. The molecule has 0 aromatic rings. The predicted molar refractivity (Wildman–Crippen MR) is 40.7 cm³/mol. The molecule has 0 aromatic carbocycles. The molecule has 0 unspecified atom stereocenters. The van der Waals surface area contributed by atoms with Crippen LogP contribution >= 0.6 is 0 Å². The van der Waals surface area contributed by atoms with E-state index in [1.54, 1.807) is 0 Å². The first-order valence-corrected chi connectivity index (χ1v) is 3.27. The van der Waals surface area contributed by atoms with Crippen molar-refractivity contribution in [2.45, 2.75) is 20.8 Å². The lowest BCUT2D eigenvalue weighted by atomic mass is 10.8. The Labute approximate surface area is 66.1 Å². The van der Waals surface area contributed by atoms with Crippen LogP contribution in [0.2, 0.25) is 0 Å². The van der Waals surface area contributed by atoms with Crippen molar-refractivity contribution >= 4 is 12.0 Å². The van der Waals surface area contributed by atoms with Crippen molar-refractivity contribution in [2.75, 3.05) is 7.11 Å². The van der Waals surface area contributed by atoms with Crippen LogP contribution in [0.4, 0.5) is 4.79 Å². The Hall–Kier alpha value is -1.26. The lowest BCUT2D eigenvalue weighted by Crippen LogP contribution is -2.40. The second-order valence-electron chi connectivity index (χ2n) is 1.30. The highest BCUT2D eigenvalue weighted by Crippen LogP contribution is 1.64. The topological polar surface area (TPSA) is 67.4 Å². The third-order valence-electron chi connectivity index (χ3n) is 0.526. The zero-order valence-corrected chi connectivity index (χ0v) is 7.22. The Kier molecular flexibility index (Phi) is 9.87. The maximum Gasteiger partial charge on any atom is 0.425 e. The zero-order valence-electron chi connectivity index (χ0n) is 7.22. The number of nitrogens with one attached hydrogen (secondary N) is 2. The fourth-order valence-electron chi connectivity index (χ4n) is 0.190. The van der Waals surface area contributed by atoms with Crippen molar-refractivity contribution in [2.24, 2.45) is 0 Å². The highest BCUT2D eigenvalue weighted by molar-refractivity contribution is 5.76. The normalized spacial score (nSPS) is 6.91. The van der Waals surface area contributed by atoms with E-state index in [0.29, 0.717) is 0 Å². The summed E-state index contributed by atoms with van der Waals surface area (Å²) in [7, 11) is 1.21. The molecule has 0 bridgehead atoms. The number of hydrazine groups is 1. The molecule has 0 aliphatic carbocycles. The van der Waals surface area contributed by atoms with Gasteiger partial charge in [0.15, 0.2) is 0 Å². The molecule has 2 amide bonds. The quantitative estimate of drug-likeness (QED) is 0.507. The number of amides is 2. The average Bonchev–Trinajstić information content (AvgIpc) is 2.04. The van der Waals surface area contributed by atoms with E-state index in [4.69, 9.17) is 0 Å². The molecule has 0 heterocycles. The molecule has 5 heteroatoms. The number of carbonyl (C=O) groups excluding carboxylic acids is 2. The Morgan fingerprint density at radius 2 is 1.64 bits per heavy atom. The van der Waals surface area contributed by atoms with Gasteiger partial charge in [-0.3, -0.25) is 10.2 Å². The Balaban J connectivity index is 0. The molecular formula is C6H14N2O3. The largest absolute Gasteiger partial charge is 0.452 e. The molecule has 0 aliphatic rings. The first-order chi connectivity index (χ1) is 5.16. The molecule has 0 aliphatic heterocycles. The van der Waals surface area contributed by atoms with E-state index in [-0.39, 0.29) is 5.91 Å². The summed E-state index contributed by atoms with van der Waals surface area (Å²) in [5, 5.41) is 0. The molecule has 5 nitrogen and oxygen atoms in total. The van der Waals surface area contributed by atoms with Crippen molar-refractivity contribution < 1.29 is 14.3 Å². The lowest BCUT2D eigenvalue weighted by molar-refractivity contribution is -0.119. The van der Waals surface area contributed by atoms with E-state index in [9.17, 15) is 9.59 Å². The summed E-state index contributed by atoms with van der Waals surface area (Å²) in [6.07, 6.45) is -0.690. The molecule has 0 spiro atoms. The zero-order chi connectivity index (χ0) is 9.28. The van der Waals surface area contributed by atoms with E-state index in [2.05, 4.69) is 4.74 Å². The molecule has 0 saturated carbocycles. The molecule has 0 saturated heterocycles. The van der Waals surface area contributed by atoms with Crippen LogP contribution in [0.15, 0.2) is 0 Å². The summed E-state index contributed by atoms with van der Waals surface area (Å²) in [4.78, 5) is 20.3. The third-order valence-corrected chi connectivity index (χ3v) is 0.526. The second kappa shape index (κ2) is 8.74. The molecule has 0 atom stereocenters. The van der Waals surface area contributed by atoms with Crippen LogP contribution < -0.4 is 10.9 Å². The second-order valence-corrected chi connectivity index (χ2v) is 1.30. The van der Waals surface area contributed by atoms with Gasteiger partial charge in [-0.25, -0.2) is 10.2 Å². The minimum atomic E-state index is -0.690. The standard InChI is InChI=1S/C4H8N2O3.C2H6/c1-3(7)5-6-4(8)9-2;1-2/h1-2H3,(H,5,7)(H,6,8);1-2H3. The van der Waals surface area contributed by atoms with Crippen LogP contribution in [-0.2, 0) is 9.53 Å². The molecule has 66 valence electrons. The van der Waals surface area contributed by atoms with Gasteiger partial charge in [-0.2, -0.15) is 0 Å². The molecule has 0 fully saturated rings. The van der Waals surface area contributed by atoms with E-state index < -0.39 is 6.09 Å². The fraction of sp³-hybridized carbons (Fsp3) is 0.667. The molecule has 0 radical (unpaired) electrons. The van der Waals surface area contributed by atoms with Crippen molar-refractivity contribution in [1.29, 1.82) is 0 Å². The van der Waals surface area contributed by atoms with Gasteiger partial charge in [0.05, 0.1) is 7.11 Å². The van der Waals surface area contributed by atoms with Crippen molar-refractivity contribution in [3.63, 3.8) is 0 Å². The average molecular weight is 162 g/mol. The maximum absolute atomic E-state index is 10.2. The van der Waals surface area contributed by atoms with Gasteiger partial charge in [-0.05, 0) is 0 Å². The SMILES string of the molecule is CC.COC(=O)NNC(C)=O. The first-order valence-electron chi connectivity index (χ1n) is 3.27. The summed E-state index contributed by atoms with van der Waals surface area (Å²) in [5.41, 5.74) is 4.00. The van der Waals surface area contributed by atoms with E-state index in [1.807, 2.05) is 24.7 Å². The first kappa shape index (κ1) is 12.4. The Morgan fingerprint density at radius 3 is 1.91 bits per heavy atom. The van der Waals surface area contributed by atoms with Gasteiger partial charge < -0.3 is 4.74 Å². The molecule has 11 heavy (non-hydrogen) atoms. The number of carbonyl (C=O) groups is 2. The van der Waals surface area contributed by atoms with Crippen LogP contribution in [0, 0.1) is 0 Å². The van der Waals surface area contributed by atoms with Gasteiger partial charge in [-0.1, -0.05) is 13.8 Å². The Morgan fingerprint density at radius 1 is 1.18 bits per heavy atom. The van der Waals surface area contributed by atoms with Crippen LogP contribution in [-0.4, -0.2) is 19.1 Å². The smallest absolute Gasteiger partial charge is 0.425 e. The molecule has 2 N–H and O–H groups in total. The molecular weight excluding hydrogens is 148 g/mol. The number of rotatable bonds is 0. The van der Waals surface area contributed by atoms with Gasteiger partial charge in [0, 0.05) is 6.92 Å². The van der Waals surface area contributed by atoms with Gasteiger partial charge in [0.2, 0.25) is 5.91 Å². The Bertz CT molecular complexity index is 125. The van der Waals surface area contributed by atoms with E-state index in [1.165, 1.54) is 14.0 Å². The highest BCUT2D eigenvalue weighted by atomic mass is 16.5. The number of methoxy groups -OCH3 is 1. The van der Waals surface area contributed by atoms with Crippen LogP contribution in [0.3, 0.4) is 0 Å². The van der Waals surface area contributed by atoms with Gasteiger partial charge in [-0.15, -0.1) is 0 Å². The number of hydrogen-bond donors (Lipinski definition) is 2. The lowest BCUT2D eigenvalue weighted by Gasteiger charge is -2.00. The number of hydrogen-bond acceptors (Lipinski definition) is 3. The monoisotopic (exact) mass is 162 g/mol. The summed E-state index contributed by atoms with van der Waals surface area (Å²) in [6.45, 7) is 5.27. The summed E-state index contributed by atoms with van der Waals surface area (Å²) in [6, 6.07) is 0. The van der Waals surface area contributed by atoms with Crippen molar-refractivity contribution in [1.82, 2.24) is 10.9 Å². The van der Waals surface area contributed by atoms with Crippen LogP contribution in [0.5, 0.6) is 0 Å². The number of ether oxygens (including phenoxy) is 1. The summed E-state index contributed by atoms with van der Waals surface area (Å²) < 4.78 is 4.14. The highest BCUT2D eigenvalue weighted by Gasteiger charge is 1.95. The van der Waals surface area contributed by atoms with E-state index >= 15 is 0 Å². The fourth-order valence-corrected chi connectivity index (χ4v) is 0.190. The van der Waals surface area contributed by atoms with Crippen LogP contribution in [0.1, 0.15) is 20.8 Å². The summed E-state index contributed by atoms with van der Waals surface area (Å²) in [5.74, 6) is -0.347. The maximum atomic E-state index is 10.2. The van der Waals surface area contributed by atoms with Crippen molar-refractivity contribution in [3.05, 3.63) is 0 Å². The van der Waals surface area contributed by atoms with Crippen LogP contribution in [0.25, 0.3) is 0 Å².